The molecule has 1 aromatic carbocycles. The van der Waals surface area contributed by atoms with Crippen LogP contribution in [0.2, 0.25) is 5.02 Å². The summed E-state index contributed by atoms with van der Waals surface area (Å²) in [4.78, 5) is 10.6. The first-order chi connectivity index (χ1) is 6.02. The van der Waals surface area contributed by atoms with Gasteiger partial charge in [0.15, 0.2) is 0 Å². The molecular formula is C8H6BrClFNO. The number of nitrogens with two attached hydrogens (primary N) is 1. The number of hydrogen-bond donors (Lipinski definition) is 1. The van der Waals surface area contributed by atoms with Crippen molar-refractivity contribution in [1.29, 1.82) is 0 Å². The summed E-state index contributed by atoms with van der Waals surface area (Å²) in [6, 6.07) is 2.98. The molecule has 0 aliphatic carbocycles. The fraction of sp³-hybridized carbons (Fsp3) is 0.125. The molecule has 0 saturated heterocycles. The van der Waals surface area contributed by atoms with Crippen LogP contribution in [0.5, 0.6) is 0 Å². The van der Waals surface area contributed by atoms with Gasteiger partial charge in [0.25, 0.3) is 0 Å². The second-order valence-electron chi connectivity index (χ2n) is 2.46. The van der Waals surface area contributed by atoms with Crippen molar-refractivity contribution < 1.29 is 9.18 Å². The van der Waals surface area contributed by atoms with Crippen LogP contribution in [0.15, 0.2) is 16.6 Å². The Bertz CT molecular complexity index is 356. The predicted octanol–water partition coefficient (Wildman–Crippen LogP) is 2.27. The van der Waals surface area contributed by atoms with E-state index in [1.807, 2.05) is 0 Å². The Morgan fingerprint density at radius 1 is 1.62 bits per heavy atom. The molecule has 0 heterocycles. The maximum Gasteiger partial charge on any atom is 0.221 e. The average molecular weight is 266 g/mol. The SMILES string of the molecule is NC(=O)Cc1c(Br)ccc(Cl)c1F. The fourth-order valence-electron chi connectivity index (χ4n) is 0.905. The lowest BCUT2D eigenvalue weighted by molar-refractivity contribution is -0.117. The van der Waals surface area contributed by atoms with E-state index < -0.39 is 11.7 Å². The molecule has 0 saturated carbocycles. The number of carbonyl (C=O) groups excluding carboxylic acids is 1. The molecule has 0 aliphatic heterocycles. The highest BCUT2D eigenvalue weighted by Gasteiger charge is 2.12. The fourth-order valence-corrected chi connectivity index (χ4v) is 1.53. The minimum Gasteiger partial charge on any atom is -0.369 e. The first-order valence-electron chi connectivity index (χ1n) is 3.43. The third-order valence-electron chi connectivity index (χ3n) is 1.49. The molecule has 0 radical (unpaired) electrons. The lowest BCUT2D eigenvalue weighted by atomic mass is 10.1. The second kappa shape index (κ2) is 4.07. The van der Waals surface area contributed by atoms with E-state index >= 15 is 0 Å². The lowest BCUT2D eigenvalue weighted by Crippen LogP contribution is -2.15. The largest absolute Gasteiger partial charge is 0.369 e. The van der Waals surface area contributed by atoms with Crippen molar-refractivity contribution in [1.82, 2.24) is 0 Å². The van der Waals surface area contributed by atoms with Gasteiger partial charge in [-0.25, -0.2) is 4.39 Å². The van der Waals surface area contributed by atoms with Crippen LogP contribution in [0.1, 0.15) is 5.56 Å². The third-order valence-corrected chi connectivity index (χ3v) is 2.52. The van der Waals surface area contributed by atoms with Gasteiger partial charge >= 0.3 is 0 Å². The number of carbonyl (C=O) groups is 1. The topological polar surface area (TPSA) is 43.1 Å². The van der Waals surface area contributed by atoms with Crippen LogP contribution < -0.4 is 5.73 Å². The van der Waals surface area contributed by atoms with Gasteiger partial charge in [-0.05, 0) is 12.1 Å². The predicted molar refractivity (Wildman–Crippen MR) is 52.0 cm³/mol. The summed E-state index contributed by atoms with van der Waals surface area (Å²) < 4.78 is 13.7. The molecule has 0 atom stereocenters. The molecule has 1 aromatic rings. The van der Waals surface area contributed by atoms with Crippen molar-refractivity contribution in [3.05, 3.63) is 33.0 Å². The van der Waals surface area contributed by atoms with Gasteiger partial charge in [0, 0.05) is 10.0 Å². The monoisotopic (exact) mass is 265 g/mol. The molecule has 2 nitrogen and oxygen atoms in total. The van der Waals surface area contributed by atoms with Gasteiger partial charge in [-0.2, -0.15) is 0 Å². The van der Waals surface area contributed by atoms with E-state index in [9.17, 15) is 9.18 Å². The lowest BCUT2D eigenvalue weighted by Gasteiger charge is -2.04. The summed E-state index contributed by atoms with van der Waals surface area (Å²) in [5, 5.41) is -0.0144. The molecule has 0 aliphatic rings. The number of rotatable bonds is 2. The summed E-state index contributed by atoms with van der Waals surface area (Å²) in [6.07, 6.45) is -0.160. The van der Waals surface area contributed by atoms with Gasteiger partial charge in [0.2, 0.25) is 5.91 Å². The molecule has 0 bridgehead atoms. The van der Waals surface area contributed by atoms with E-state index in [4.69, 9.17) is 17.3 Å². The van der Waals surface area contributed by atoms with Gasteiger partial charge in [0.1, 0.15) is 5.82 Å². The van der Waals surface area contributed by atoms with E-state index in [-0.39, 0.29) is 17.0 Å². The zero-order valence-corrected chi connectivity index (χ0v) is 8.82. The highest BCUT2D eigenvalue weighted by molar-refractivity contribution is 9.10. The average Bonchev–Trinajstić information content (AvgIpc) is 2.05. The van der Waals surface area contributed by atoms with Crippen LogP contribution in [0.25, 0.3) is 0 Å². The number of halogens is 3. The van der Waals surface area contributed by atoms with E-state index in [0.717, 1.165) is 0 Å². The Morgan fingerprint density at radius 2 is 2.23 bits per heavy atom. The molecule has 0 spiro atoms. The molecule has 0 unspecified atom stereocenters. The van der Waals surface area contributed by atoms with Crippen molar-refractivity contribution in [3.8, 4) is 0 Å². The van der Waals surface area contributed by atoms with E-state index in [1.165, 1.54) is 6.07 Å². The zero-order valence-electron chi connectivity index (χ0n) is 6.48. The number of benzene rings is 1. The zero-order chi connectivity index (χ0) is 10.0. The highest BCUT2D eigenvalue weighted by atomic mass is 79.9. The maximum atomic E-state index is 13.3. The molecule has 70 valence electrons. The number of hydrogen-bond acceptors (Lipinski definition) is 1. The quantitative estimate of drug-likeness (QED) is 0.820. The molecule has 2 N–H and O–H groups in total. The first kappa shape index (κ1) is 10.5. The Balaban J connectivity index is 3.17. The van der Waals surface area contributed by atoms with Crippen LogP contribution >= 0.6 is 27.5 Å². The molecule has 13 heavy (non-hydrogen) atoms. The summed E-state index contributed by atoms with van der Waals surface area (Å²) in [7, 11) is 0. The highest BCUT2D eigenvalue weighted by Crippen LogP contribution is 2.25. The van der Waals surface area contributed by atoms with Crippen LogP contribution in [0, 0.1) is 5.82 Å². The Morgan fingerprint density at radius 3 is 2.77 bits per heavy atom. The van der Waals surface area contributed by atoms with E-state index in [1.54, 1.807) is 6.07 Å². The molecule has 1 rings (SSSR count). The van der Waals surface area contributed by atoms with E-state index in [0.29, 0.717) is 4.47 Å². The minimum absolute atomic E-state index is 0.0144. The van der Waals surface area contributed by atoms with Gasteiger partial charge in [-0.1, -0.05) is 27.5 Å². The maximum absolute atomic E-state index is 13.3. The van der Waals surface area contributed by atoms with Crippen molar-refractivity contribution in [2.75, 3.05) is 0 Å². The number of primary amides is 1. The Kier molecular flexibility index (Phi) is 3.27. The first-order valence-corrected chi connectivity index (χ1v) is 4.60. The molecule has 0 fully saturated rings. The summed E-state index contributed by atoms with van der Waals surface area (Å²) >= 11 is 8.62. The van der Waals surface area contributed by atoms with Crippen LogP contribution in [-0.4, -0.2) is 5.91 Å². The Hall–Kier alpha value is -0.610. The van der Waals surface area contributed by atoms with Gasteiger partial charge in [-0.15, -0.1) is 0 Å². The minimum atomic E-state index is -0.602. The van der Waals surface area contributed by atoms with Crippen molar-refractivity contribution in [2.45, 2.75) is 6.42 Å². The molecular weight excluding hydrogens is 260 g/mol. The number of amides is 1. The van der Waals surface area contributed by atoms with Crippen molar-refractivity contribution in [3.63, 3.8) is 0 Å². The smallest absolute Gasteiger partial charge is 0.221 e. The van der Waals surface area contributed by atoms with E-state index in [2.05, 4.69) is 15.9 Å². The molecule has 0 aromatic heterocycles. The summed E-state index contributed by atoms with van der Waals surface area (Å²) in [5.41, 5.74) is 5.14. The summed E-state index contributed by atoms with van der Waals surface area (Å²) in [6.45, 7) is 0. The van der Waals surface area contributed by atoms with Crippen molar-refractivity contribution >= 4 is 33.4 Å². The van der Waals surface area contributed by atoms with Crippen LogP contribution in [0.4, 0.5) is 4.39 Å². The van der Waals surface area contributed by atoms with Crippen LogP contribution in [-0.2, 0) is 11.2 Å². The molecule has 1 amide bonds. The third kappa shape index (κ3) is 2.42. The van der Waals surface area contributed by atoms with Gasteiger partial charge < -0.3 is 5.73 Å². The second-order valence-corrected chi connectivity index (χ2v) is 3.73. The standard InChI is InChI=1S/C8H6BrClFNO/c9-5-1-2-6(10)8(11)4(5)3-7(12)13/h1-2H,3H2,(H2,12,13). The normalized spacial score (nSPS) is 10.1. The summed E-state index contributed by atoms with van der Waals surface area (Å²) in [5.74, 6) is -1.20. The van der Waals surface area contributed by atoms with Crippen LogP contribution in [0.3, 0.4) is 0 Å². The Labute approximate surface area is 88.0 Å². The molecule has 5 heteroatoms. The van der Waals surface area contributed by atoms with Gasteiger partial charge in [0.05, 0.1) is 11.4 Å². The van der Waals surface area contributed by atoms with Gasteiger partial charge in [-0.3, -0.25) is 4.79 Å². The van der Waals surface area contributed by atoms with Crippen molar-refractivity contribution in [2.24, 2.45) is 5.73 Å².